The number of halogens is 1. The zero-order valence-electron chi connectivity index (χ0n) is 20.7. The summed E-state index contributed by atoms with van der Waals surface area (Å²) >= 11 is 0. The van der Waals surface area contributed by atoms with Gasteiger partial charge in [0.15, 0.2) is 0 Å². The van der Waals surface area contributed by atoms with Gasteiger partial charge in [-0.25, -0.2) is 12.8 Å². The molecule has 0 fully saturated rings. The van der Waals surface area contributed by atoms with Crippen molar-refractivity contribution in [1.29, 1.82) is 0 Å². The first-order valence-electron chi connectivity index (χ1n) is 11.5. The molecule has 0 aliphatic carbocycles. The fourth-order valence-electron chi connectivity index (χ4n) is 3.80. The molecule has 0 aliphatic heterocycles. The fourth-order valence-corrected chi connectivity index (χ4v) is 5.27. The number of hydrogen-bond donors (Lipinski definition) is 1. The number of nitrogens with zero attached hydrogens (tertiary/aromatic N) is 2. The third kappa shape index (κ3) is 5.91. The van der Waals surface area contributed by atoms with E-state index in [-0.39, 0.29) is 17.0 Å². The number of likely N-dealkylation sites (N-methyl/N-ethyl adjacent to an activating group) is 1. The molecule has 0 heterocycles. The van der Waals surface area contributed by atoms with Crippen LogP contribution >= 0.6 is 0 Å². The van der Waals surface area contributed by atoms with E-state index in [9.17, 15) is 22.4 Å². The lowest BCUT2D eigenvalue weighted by Gasteiger charge is -2.32. The lowest BCUT2D eigenvalue weighted by Crippen LogP contribution is -2.51. The largest absolute Gasteiger partial charge is 0.357 e. The third-order valence-electron chi connectivity index (χ3n) is 5.98. The highest BCUT2D eigenvalue weighted by Crippen LogP contribution is 2.27. The Kier molecular flexibility index (Phi) is 8.47. The zero-order chi connectivity index (χ0) is 26.5. The van der Waals surface area contributed by atoms with E-state index in [1.807, 2.05) is 6.92 Å². The van der Waals surface area contributed by atoms with Crippen LogP contribution in [-0.2, 0) is 26.2 Å². The molecule has 1 atom stereocenters. The minimum atomic E-state index is -4.14. The Morgan fingerprint density at radius 1 is 0.944 bits per heavy atom. The molecule has 0 saturated heterocycles. The number of amides is 2. The van der Waals surface area contributed by atoms with Crippen LogP contribution in [0.3, 0.4) is 0 Å². The number of benzene rings is 3. The Balaban J connectivity index is 2.06. The molecule has 0 saturated carbocycles. The van der Waals surface area contributed by atoms with E-state index in [2.05, 4.69) is 5.32 Å². The summed E-state index contributed by atoms with van der Waals surface area (Å²) in [6.07, 6.45) is 0. The van der Waals surface area contributed by atoms with Crippen LogP contribution in [0.5, 0.6) is 0 Å². The summed E-state index contributed by atoms with van der Waals surface area (Å²) in [5.74, 6) is -1.63. The summed E-state index contributed by atoms with van der Waals surface area (Å²) in [6, 6.07) is 18.2. The number of para-hydroxylation sites is 1. The van der Waals surface area contributed by atoms with Crippen LogP contribution in [0, 0.1) is 19.7 Å². The quantitative estimate of drug-likeness (QED) is 0.474. The first-order chi connectivity index (χ1) is 17.1. The lowest BCUT2D eigenvalue weighted by molar-refractivity contribution is -0.139. The summed E-state index contributed by atoms with van der Waals surface area (Å²) < 4.78 is 43.0. The van der Waals surface area contributed by atoms with E-state index >= 15 is 0 Å². The van der Waals surface area contributed by atoms with Gasteiger partial charge in [0.1, 0.15) is 18.4 Å². The number of hydrogen-bond acceptors (Lipinski definition) is 4. The Hall–Kier alpha value is -3.72. The topological polar surface area (TPSA) is 86.8 Å². The molecule has 0 aromatic heterocycles. The van der Waals surface area contributed by atoms with Crippen LogP contribution in [0.2, 0.25) is 0 Å². The normalized spacial score (nSPS) is 12.0. The molecule has 2 amide bonds. The van der Waals surface area contributed by atoms with Crippen LogP contribution in [0.25, 0.3) is 0 Å². The molecule has 3 aromatic carbocycles. The number of nitrogens with one attached hydrogen (secondary N) is 1. The first kappa shape index (κ1) is 26.9. The summed E-state index contributed by atoms with van der Waals surface area (Å²) in [7, 11) is -2.71. The van der Waals surface area contributed by atoms with Gasteiger partial charge in [-0.2, -0.15) is 0 Å². The van der Waals surface area contributed by atoms with Crippen molar-refractivity contribution in [3.8, 4) is 0 Å². The van der Waals surface area contributed by atoms with E-state index in [0.29, 0.717) is 11.3 Å². The second-order valence-corrected chi connectivity index (χ2v) is 10.4. The van der Waals surface area contributed by atoms with E-state index in [0.717, 1.165) is 9.87 Å². The van der Waals surface area contributed by atoms with Gasteiger partial charge in [0.25, 0.3) is 10.0 Å². The minimum Gasteiger partial charge on any atom is -0.357 e. The molecule has 3 aromatic rings. The van der Waals surface area contributed by atoms with Crippen molar-refractivity contribution in [2.45, 2.75) is 38.3 Å². The third-order valence-corrected chi connectivity index (χ3v) is 7.76. The summed E-state index contributed by atoms with van der Waals surface area (Å²) in [4.78, 5) is 27.3. The van der Waals surface area contributed by atoms with Gasteiger partial charge in [0, 0.05) is 19.2 Å². The number of anilines is 1. The van der Waals surface area contributed by atoms with Crippen molar-refractivity contribution in [2.75, 3.05) is 17.9 Å². The summed E-state index contributed by atoms with van der Waals surface area (Å²) in [5, 5.41) is 2.50. The molecule has 1 N–H and O–H groups in total. The van der Waals surface area contributed by atoms with Crippen molar-refractivity contribution >= 4 is 27.5 Å². The molecule has 0 radical (unpaired) electrons. The van der Waals surface area contributed by atoms with Gasteiger partial charge in [-0.15, -0.1) is 0 Å². The standard InChI is InChI=1S/C27H30FN3O4S/c1-19-13-15-23(16-14-19)36(34,35)31(25-12-8-5-9-20(25)2)18-26(32)30(21(3)27(33)29-4)17-22-10-6-7-11-24(22)28/h5-16,21H,17-18H2,1-4H3,(H,29,33). The molecule has 3 rings (SSSR count). The molecule has 9 heteroatoms. The second kappa shape index (κ2) is 11.3. The van der Waals surface area contributed by atoms with Crippen LogP contribution < -0.4 is 9.62 Å². The van der Waals surface area contributed by atoms with Gasteiger partial charge >= 0.3 is 0 Å². The zero-order valence-corrected chi connectivity index (χ0v) is 21.5. The minimum absolute atomic E-state index is 0.0316. The fraction of sp³-hybridized carbons (Fsp3) is 0.259. The molecule has 0 spiro atoms. The van der Waals surface area contributed by atoms with Gasteiger partial charge in [0.2, 0.25) is 11.8 Å². The van der Waals surface area contributed by atoms with Gasteiger partial charge in [-0.05, 0) is 50.6 Å². The maximum atomic E-state index is 14.4. The molecule has 7 nitrogen and oxygen atoms in total. The van der Waals surface area contributed by atoms with Crippen LogP contribution in [0.4, 0.5) is 10.1 Å². The Morgan fingerprint density at radius 2 is 1.56 bits per heavy atom. The number of aryl methyl sites for hydroxylation is 2. The summed E-state index contributed by atoms with van der Waals surface area (Å²) in [6.45, 7) is 4.34. The Morgan fingerprint density at radius 3 is 2.17 bits per heavy atom. The van der Waals surface area contributed by atoms with Crippen molar-refractivity contribution < 1.29 is 22.4 Å². The number of carbonyl (C=O) groups excluding carboxylic acids is 2. The average Bonchev–Trinajstić information content (AvgIpc) is 2.86. The molecule has 36 heavy (non-hydrogen) atoms. The first-order valence-corrected chi connectivity index (χ1v) is 12.9. The molecule has 190 valence electrons. The van der Waals surface area contributed by atoms with Gasteiger partial charge in [-0.3, -0.25) is 13.9 Å². The maximum absolute atomic E-state index is 14.4. The number of rotatable bonds is 9. The molecule has 1 unspecified atom stereocenters. The van der Waals surface area contributed by atoms with E-state index in [4.69, 9.17) is 0 Å². The predicted molar refractivity (Wildman–Crippen MR) is 137 cm³/mol. The lowest BCUT2D eigenvalue weighted by atomic mass is 10.1. The number of sulfonamides is 1. The number of carbonyl (C=O) groups is 2. The van der Waals surface area contributed by atoms with E-state index < -0.39 is 40.2 Å². The maximum Gasteiger partial charge on any atom is 0.264 e. The molecular weight excluding hydrogens is 481 g/mol. The highest BCUT2D eigenvalue weighted by molar-refractivity contribution is 7.92. The van der Waals surface area contributed by atoms with E-state index in [1.54, 1.807) is 49.4 Å². The SMILES string of the molecule is CNC(=O)C(C)N(Cc1ccccc1F)C(=O)CN(c1ccccc1C)S(=O)(=O)c1ccc(C)cc1. The molecule has 0 bridgehead atoms. The second-order valence-electron chi connectivity index (χ2n) is 8.51. The molecular formula is C27H30FN3O4S. The van der Waals surface area contributed by atoms with Crippen LogP contribution in [-0.4, -0.2) is 44.8 Å². The average molecular weight is 512 g/mol. The smallest absolute Gasteiger partial charge is 0.264 e. The van der Waals surface area contributed by atoms with Crippen molar-refractivity contribution in [3.05, 3.63) is 95.3 Å². The highest BCUT2D eigenvalue weighted by atomic mass is 32.2. The van der Waals surface area contributed by atoms with Crippen LogP contribution in [0.15, 0.2) is 77.7 Å². The van der Waals surface area contributed by atoms with E-state index in [1.165, 1.54) is 49.2 Å². The Labute approximate surface area is 211 Å². The molecule has 0 aliphatic rings. The van der Waals surface area contributed by atoms with Crippen molar-refractivity contribution in [2.24, 2.45) is 0 Å². The van der Waals surface area contributed by atoms with Gasteiger partial charge in [-0.1, -0.05) is 54.1 Å². The van der Waals surface area contributed by atoms with Crippen molar-refractivity contribution in [3.63, 3.8) is 0 Å². The van der Waals surface area contributed by atoms with Gasteiger partial charge in [0.05, 0.1) is 10.6 Å². The highest BCUT2D eigenvalue weighted by Gasteiger charge is 2.33. The summed E-state index contributed by atoms with van der Waals surface area (Å²) in [5.41, 5.74) is 2.10. The van der Waals surface area contributed by atoms with Gasteiger partial charge < -0.3 is 10.2 Å². The predicted octanol–water partition coefficient (Wildman–Crippen LogP) is 3.80. The monoisotopic (exact) mass is 511 g/mol. The van der Waals surface area contributed by atoms with Crippen molar-refractivity contribution in [1.82, 2.24) is 10.2 Å². The van der Waals surface area contributed by atoms with Crippen LogP contribution in [0.1, 0.15) is 23.6 Å². The Bertz CT molecular complexity index is 1340.